The normalized spacial score (nSPS) is 10.9. The summed E-state index contributed by atoms with van der Waals surface area (Å²) in [5, 5.41) is 1.04. The Bertz CT molecular complexity index is 503. The topological polar surface area (TPSA) is 12.9 Å². The maximum atomic E-state index is 12.9. The van der Waals surface area contributed by atoms with Gasteiger partial charge in [-0.05, 0) is 55.7 Å². The Morgan fingerprint density at radius 3 is 2.50 bits per heavy atom. The second kappa shape index (κ2) is 3.05. The van der Waals surface area contributed by atoms with Crippen molar-refractivity contribution < 1.29 is 4.39 Å². The number of aromatic nitrogens is 1. The van der Waals surface area contributed by atoms with Crippen molar-refractivity contribution in [2.75, 3.05) is 0 Å². The average Bonchev–Trinajstić information content (AvgIpc) is 2.14. The molecule has 0 unspecified atom stereocenters. The summed E-state index contributed by atoms with van der Waals surface area (Å²) in [6, 6.07) is 5.13. The van der Waals surface area contributed by atoms with Crippen LogP contribution in [0.2, 0.25) is 0 Å². The van der Waals surface area contributed by atoms with Crippen LogP contribution < -0.4 is 0 Å². The number of hydrogen-bond donors (Lipinski definition) is 0. The van der Waals surface area contributed by atoms with E-state index in [9.17, 15) is 4.39 Å². The summed E-state index contributed by atoms with van der Waals surface area (Å²) in [6.07, 6.45) is 0. The first-order chi connectivity index (χ1) is 6.59. The fourth-order valence-electron chi connectivity index (χ4n) is 1.69. The van der Waals surface area contributed by atoms with Crippen molar-refractivity contribution in [1.29, 1.82) is 0 Å². The van der Waals surface area contributed by atoms with Crippen LogP contribution in [0.3, 0.4) is 0 Å². The van der Waals surface area contributed by atoms with Crippen molar-refractivity contribution in [1.82, 2.24) is 4.98 Å². The molecule has 1 nitrogen and oxygen atoms in total. The van der Waals surface area contributed by atoms with E-state index in [0.717, 1.165) is 16.5 Å². The van der Waals surface area contributed by atoms with E-state index in [1.807, 2.05) is 19.9 Å². The van der Waals surface area contributed by atoms with Gasteiger partial charge in [-0.15, -0.1) is 0 Å². The standard InChI is InChI=1S/C12H12FN/c1-7-6-11-10(9(3)8(7)2)4-5-12(13)14-11/h4-6H,1-3H3. The number of pyridine rings is 1. The number of halogens is 1. The number of hydrogen-bond acceptors (Lipinski definition) is 1. The van der Waals surface area contributed by atoms with Crippen LogP contribution >= 0.6 is 0 Å². The fraction of sp³-hybridized carbons (Fsp3) is 0.250. The number of benzene rings is 1. The molecule has 0 aliphatic carbocycles. The Morgan fingerprint density at radius 2 is 1.79 bits per heavy atom. The molecule has 0 N–H and O–H groups in total. The van der Waals surface area contributed by atoms with E-state index in [1.165, 1.54) is 17.2 Å². The highest BCUT2D eigenvalue weighted by molar-refractivity contribution is 5.84. The van der Waals surface area contributed by atoms with Crippen LogP contribution in [0.5, 0.6) is 0 Å². The van der Waals surface area contributed by atoms with Crippen LogP contribution in [0.15, 0.2) is 18.2 Å². The maximum absolute atomic E-state index is 12.9. The molecule has 0 bridgehead atoms. The van der Waals surface area contributed by atoms with Gasteiger partial charge < -0.3 is 0 Å². The smallest absolute Gasteiger partial charge is 0.213 e. The van der Waals surface area contributed by atoms with Crippen LogP contribution in [0.25, 0.3) is 10.9 Å². The number of aryl methyl sites for hydroxylation is 2. The van der Waals surface area contributed by atoms with Gasteiger partial charge >= 0.3 is 0 Å². The molecule has 1 aromatic carbocycles. The third-order valence-electron chi connectivity index (χ3n) is 2.80. The highest BCUT2D eigenvalue weighted by Crippen LogP contribution is 2.23. The maximum Gasteiger partial charge on any atom is 0.213 e. The summed E-state index contributed by atoms with van der Waals surface area (Å²) < 4.78 is 12.9. The van der Waals surface area contributed by atoms with Gasteiger partial charge in [0, 0.05) is 5.39 Å². The minimum Gasteiger partial charge on any atom is -0.220 e. The molecule has 2 rings (SSSR count). The Balaban J connectivity index is 2.91. The lowest BCUT2D eigenvalue weighted by atomic mass is 9.99. The summed E-state index contributed by atoms with van der Waals surface area (Å²) in [6.45, 7) is 6.14. The zero-order valence-electron chi connectivity index (χ0n) is 8.56. The molecule has 1 aromatic heterocycles. The van der Waals surface area contributed by atoms with E-state index in [1.54, 1.807) is 6.07 Å². The zero-order valence-corrected chi connectivity index (χ0v) is 8.56. The highest BCUT2D eigenvalue weighted by Gasteiger charge is 2.05. The second-order valence-corrected chi connectivity index (χ2v) is 3.64. The lowest BCUT2D eigenvalue weighted by molar-refractivity contribution is 0.589. The van der Waals surface area contributed by atoms with Crippen LogP contribution in [-0.2, 0) is 0 Å². The highest BCUT2D eigenvalue weighted by atomic mass is 19.1. The van der Waals surface area contributed by atoms with Crippen molar-refractivity contribution in [3.05, 3.63) is 40.8 Å². The average molecular weight is 189 g/mol. The van der Waals surface area contributed by atoms with E-state index in [4.69, 9.17) is 0 Å². The van der Waals surface area contributed by atoms with Crippen molar-refractivity contribution in [2.45, 2.75) is 20.8 Å². The van der Waals surface area contributed by atoms with Crippen LogP contribution in [0.4, 0.5) is 4.39 Å². The summed E-state index contributed by atoms with van der Waals surface area (Å²) in [4.78, 5) is 3.87. The van der Waals surface area contributed by atoms with Crippen molar-refractivity contribution >= 4 is 10.9 Å². The molecule has 14 heavy (non-hydrogen) atoms. The number of nitrogens with zero attached hydrogens (tertiary/aromatic N) is 1. The van der Waals surface area contributed by atoms with Gasteiger partial charge in [0.2, 0.25) is 5.95 Å². The van der Waals surface area contributed by atoms with E-state index < -0.39 is 5.95 Å². The first-order valence-corrected chi connectivity index (χ1v) is 4.62. The Hall–Kier alpha value is -1.44. The first kappa shape index (κ1) is 9.13. The molecular weight excluding hydrogens is 177 g/mol. The van der Waals surface area contributed by atoms with Gasteiger partial charge in [0.1, 0.15) is 0 Å². The van der Waals surface area contributed by atoms with E-state index in [-0.39, 0.29) is 0 Å². The van der Waals surface area contributed by atoms with Crippen LogP contribution in [0.1, 0.15) is 16.7 Å². The molecule has 72 valence electrons. The molecule has 0 atom stereocenters. The molecule has 0 spiro atoms. The zero-order chi connectivity index (χ0) is 10.3. The quantitative estimate of drug-likeness (QED) is 0.579. The van der Waals surface area contributed by atoms with E-state index in [2.05, 4.69) is 11.9 Å². The van der Waals surface area contributed by atoms with Crippen molar-refractivity contribution in [3.8, 4) is 0 Å². The Kier molecular flexibility index (Phi) is 1.99. The minimum atomic E-state index is -0.417. The summed E-state index contributed by atoms with van der Waals surface area (Å²) in [7, 11) is 0. The van der Waals surface area contributed by atoms with Gasteiger partial charge in [0.05, 0.1) is 5.52 Å². The molecule has 2 aromatic rings. The van der Waals surface area contributed by atoms with Gasteiger partial charge in [0.15, 0.2) is 0 Å². The largest absolute Gasteiger partial charge is 0.220 e. The van der Waals surface area contributed by atoms with Crippen LogP contribution in [0, 0.1) is 26.7 Å². The minimum absolute atomic E-state index is 0.417. The summed E-state index contributed by atoms with van der Waals surface area (Å²) >= 11 is 0. The van der Waals surface area contributed by atoms with Gasteiger partial charge in [-0.25, -0.2) is 4.98 Å². The van der Waals surface area contributed by atoms with Gasteiger partial charge in [-0.1, -0.05) is 0 Å². The van der Waals surface area contributed by atoms with Crippen molar-refractivity contribution in [3.63, 3.8) is 0 Å². The summed E-state index contributed by atoms with van der Waals surface area (Å²) in [5.41, 5.74) is 4.34. The third-order valence-corrected chi connectivity index (χ3v) is 2.80. The molecular formula is C12H12FN. The lowest BCUT2D eigenvalue weighted by Crippen LogP contribution is -1.92. The fourth-order valence-corrected chi connectivity index (χ4v) is 1.69. The second-order valence-electron chi connectivity index (χ2n) is 3.64. The van der Waals surface area contributed by atoms with E-state index >= 15 is 0 Å². The first-order valence-electron chi connectivity index (χ1n) is 4.62. The number of fused-ring (bicyclic) bond motifs is 1. The molecule has 0 fully saturated rings. The predicted molar refractivity (Wildman–Crippen MR) is 55.9 cm³/mol. The molecule has 2 heteroatoms. The number of rotatable bonds is 0. The molecule has 0 aliphatic rings. The molecule has 0 saturated carbocycles. The predicted octanol–water partition coefficient (Wildman–Crippen LogP) is 3.30. The molecule has 0 aliphatic heterocycles. The summed E-state index contributed by atoms with van der Waals surface area (Å²) in [5.74, 6) is -0.417. The molecule has 1 heterocycles. The van der Waals surface area contributed by atoms with Crippen LogP contribution in [-0.4, -0.2) is 4.98 Å². The van der Waals surface area contributed by atoms with Gasteiger partial charge in [0.25, 0.3) is 0 Å². The van der Waals surface area contributed by atoms with Gasteiger partial charge in [-0.2, -0.15) is 4.39 Å². The monoisotopic (exact) mass is 189 g/mol. The molecule has 0 amide bonds. The Morgan fingerprint density at radius 1 is 1.07 bits per heavy atom. The van der Waals surface area contributed by atoms with Crippen molar-refractivity contribution in [2.24, 2.45) is 0 Å². The SMILES string of the molecule is Cc1cc2nc(F)ccc2c(C)c1C. The molecule has 0 radical (unpaired) electrons. The van der Waals surface area contributed by atoms with E-state index in [0.29, 0.717) is 0 Å². The van der Waals surface area contributed by atoms with Gasteiger partial charge in [-0.3, -0.25) is 0 Å². The lowest BCUT2D eigenvalue weighted by Gasteiger charge is -2.08. The molecule has 0 saturated heterocycles. The Labute approximate surface area is 82.6 Å². The third kappa shape index (κ3) is 1.27.